The summed E-state index contributed by atoms with van der Waals surface area (Å²) in [5.74, 6) is 1.19. The van der Waals surface area contributed by atoms with Crippen molar-refractivity contribution in [3.8, 4) is 11.8 Å². The zero-order valence-corrected chi connectivity index (χ0v) is 17.5. The van der Waals surface area contributed by atoms with Gasteiger partial charge >= 0.3 is 0 Å². The van der Waals surface area contributed by atoms with Crippen molar-refractivity contribution in [2.75, 3.05) is 25.4 Å². The SMILES string of the molecule is CCNC(=NCCCc1nn(-c2ccccc2)c(N)c1C#N)NCC.I. The number of halogens is 1. The fourth-order valence-corrected chi connectivity index (χ4v) is 2.49. The van der Waals surface area contributed by atoms with Gasteiger partial charge in [-0.15, -0.1) is 24.0 Å². The molecule has 1 aromatic carbocycles. The Morgan fingerprint density at radius 2 is 1.88 bits per heavy atom. The molecule has 26 heavy (non-hydrogen) atoms. The Morgan fingerprint density at radius 3 is 2.46 bits per heavy atom. The number of nitrogens with one attached hydrogen (secondary N) is 2. The lowest BCUT2D eigenvalue weighted by Gasteiger charge is -2.08. The molecule has 7 nitrogen and oxygen atoms in total. The van der Waals surface area contributed by atoms with Crippen LogP contribution in [0, 0.1) is 11.3 Å². The van der Waals surface area contributed by atoms with E-state index in [0.717, 1.165) is 31.2 Å². The fourth-order valence-electron chi connectivity index (χ4n) is 2.49. The fraction of sp³-hybridized carbons (Fsp3) is 0.389. The Hall–Kier alpha value is -2.28. The summed E-state index contributed by atoms with van der Waals surface area (Å²) in [5, 5.41) is 20.3. The molecule has 1 heterocycles. The van der Waals surface area contributed by atoms with Crippen molar-refractivity contribution < 1.29 is 0 Å². The first kappa shape index (κ1) is 21.8. The maximum absolute atomic E-state index is 9.41. The molecule has 0 amide bonds. The number of guanidine groups is 1. The Morgan fingerprint density at radius 1 is 1.23 bits per heavy atom. The molecule has 0 aliphatic rings. The van der Waals surface area contributed by atoms with Gasteiger partial charge in [0, 0.05) is 19.6 Å². The summed E-state index contributed by atoms with van der Waals surface area (Å²) in [7, 11) is 0. The van der Waals surface area contributed by atoms with Crippen LogP contribution in [0.5, 0.6) is 0 Å². The van der Waals surface area contributed by atoms with Crippen molar-refractivity contribution in [3.63, 3.8) is 0 Å². The zero-order valence-electron chi connectivity index (χ0n) is 15.2. The second kappa shape index (κ2) is 11.4. The molecule has 0 saturated heterocycles. The van der Waals surface area contributed by atoms with Crippen LogP contribution in [0.25, 0.3) is 5.69 Å². The molecule has 0 atom stereocenters. The summed E-state index contributed by atoms with van der Waals surface area (Å²) in [6, 6.07) is 11.8. The quantitative estimate of drug-likeness (QED) is 0.251. The molecule has 140 valence electrons. The molecule has 0 aliphatic carbocycles. The van der Waals surface area contributed by atoms with E-state index in [0.29, 0.717) is 30.0 Å². The number of nitrogen functional groups attached to an aromatic ring is 1. The molecule has 2 aromatic rings. The molecule has 0 saturated carbocycles. The molecule has 4 N–H and O–H groups in total. The minimum absolute atomic E-state index is 0. The minimum Gasteiger partial charge on any atom is -0.382 e. The van der Waals surface area contributed by atoms with E-state index < -0.39 is 0 Å². The van der Waals surface area contributed by atoms with Crippen molar-refractivity contribution in [2.45, 2.75) is 26.7 Å². The third-order valence-corrected chi connectivity index (χ3v) is 3.64. The summed E-state index contributed by atoms with van der Waals surface area (Å²) in [4.78, 5) is 4.51. The molecule has 2 rings (SSSR count). The molecule has 0 unspecified atom stereocenters. The Balaban J connectivity index is 0.00000338. The highest BCUT2D eigenvalue weighted by Gasteiger charge is 2.15. The van der Waals surface area contributed by atoms with Gasteiger partial charge in [0.05, 0.1) is 11.4 Å². The number of anilines is 1. The van der Waals surface area contributed by atoms with E-state index in [2.05, 4.69) is 26.8 Å². The maximum atomic E-state index is 9.41. The number of aryl methyl sites for hydroxylation is 1. The number of aromatic nitrogens is 2. The number of nitrogens with two attached hydrogens (primary N) is 1. The maximum Gasteiger partial charge on any atom is 0.191 e. The summed E-state index contributed by atoms with van der Waals surface area (Å²) < 4.78 is 1.62. The molecule has 0 spiro atoms. The van der Waals surface area contributed by atoms with Crippen molar-refractivity contribution in [2.24, 2.45) is 4.99 Å². The highest BCUT2D eigenvalue weighted by atomic mass is 127. The number of hydrogen-bond acceptors (Lipinski definition) is 4. The number of aliphatic imine (C=N–C) groups is 1. The predicted octanol–water partition coefficient (Wildman–Crippen LogP) is 2.45. The van der Waals surface area contributed by atoms with E-state index in [4.69, 9.17) is 5.73 Å². The smallest absolute Gasteiger partial charge is 0.191 e. The standard InChI is InChI=1S/C18H25N7.HI/c1-3-21-18(22-4-2)23-12-8-11-16-15(13-19)17(20)25(24-16)14-9-6-5-7-10-14;/h5-7,9-10H,3-4,8,11-12,20H2,1-2H3,(H2,21,22,23);1H. The Labute approximate surface area is 171 Å². The van der Waals surface area contributed by atoms with Crippen LogP contribution in [0.4, 0.5) is 5.82 Å². The Bertz CT molecular complexity index is 739. The number of benzene rings is 1. The number of nitriles is 1. The monoisotopic (exact) mass is 467 g/mol. The average molecular weight is 467 g/mol. The third-order valence-electron chi connectivity index (χ3n) is 3.64. The van der Waals surface area contributed by atoms with Crippen LogP contribution in [-0.4, -0.2) is 35.4 Å². The van der Waals surface area contributed by atoms with Gasteiger partial charge in [0.1, 0.15) is 17.5 Å². The molecule has 0 radical (unpaired) electrons. The average Bonchev–Trinajstić information content (AvgIpc) is 2.95. The van der Waals surface area contributed by atoms with Crippen LogP contribution in [0.3, 0.4) is 0 Å². The van der Waals surface area contributed by atoms with E-state index in [-0.39, 0.29) is 24.0 Å². The molecule has 0 aliphatic heterocycles. The van der Waals surface area contributed by atoms with Gasteiger partial charge in [-0.3, -0.25) is 4.99 Å². The van der Waals surface area contributed by atoms with Gasteiger partial charge in [0.25, 0.3) is 0 Å². The van der Waals surface area contributed by atoms with Crippen LogP contribution in [0.2, 0.25) is 0 Å². The summed E-state index contributed by atoms with van der Waals surface area (Å²) in [6.45, 7) is 6.36. The topological polar surface area (TPSA) is 104 Å². The van der Waals surface area contributed by atoms with E-state index in [1.54, 1.807) is 4.68 Å². The first-order valence-electron chi connectivity index (χ1n) is 8.56. The first-order valence-corrected chi connectivity index (χ1v) is 8.56. The van der Waals surface area contributed by atoms with Gasteiger partial charge in [-0.25, -0.2) is 4.68 Å². The van der Waals surface area contributed by atoms with Crippen LogP contribution in [-0.2, 0) is 6.42 Å². The molecular formula is C18H26IN7. The molecular weight excluding hydrogens is 441 g/mol. The van der Waals surface area contributed by atoms with Crippen molar-refractivity contribution in [3.05, 3.63) is 41.6 Å². The minimum atomic E-state index is 0. The molecule has 8 heteroatoms. The Kier molecular flexibility index (Phi) is 9.51. The van der Waals surface area contributed by atoms with Crippen molar-refractivity contribution in [1.29, 1.82) is 5.26 Å². The largest absolute Gasteiger partial charge is 0.382 e. The van der Waals surface area contributed by atoms with Crippen molar-refractivity contribution in [1.82, 2.24) is 20.4 Å². The number of para-hydroxylation sites is 1. The first-order chi connectivity index (χ1) is 12.2. The van der Waals surface area contributed by atoms with Crippen LogP contribution in [0.15, 0.2) is 35.3 Å². The van der Waals surface area contributed by atoms with Gasteiger partial charge in [-0.05, 0) is 38.8 Å². The van der Waals surface area contributed by atoms with Gasteiger partial charge in [-0.2, -0.15) is 10.4 Å². The summed E-state index contributed by atoms with van der Waals surface area (Å²) in [6.07, 6.45) is 1.45. The number of hydrogen-bond donors (Lipinski definition) is 3. The lowest BCUT2D eigenvalue weighted by molar-refractivity contribution is 0.763. The van der Waals surface area contributed by atoms with Gasteiger partial charge in [0.2, 0.25) is 0 Å². The van der Waals surface area contributed by atoms with E-state index >= 15 is 0 Å². The zero-order chi connectivity index (χ0) is 18.1. The van der Waals surface area contributed by atoms with Crippen LogP contribution in [0.1, 0.15) is 31.5 Å². The van der Waals surface area contributed by atoms with Gasteiger partial charge in [0.15, 0.2) is 5.96 Å². The number of rotatable bonds is 7. The molecule has 0 bridgehead atoms. The third kappa shape index (κ3) is 5.62. The van der Waals surface area contributed by atoms with E-state index in [1.165, 1.54) is 0 Å². The van der Waals surface area contributed by atoms with Crippen molar-refractivity contribution >= 4 is 35.8 Å². The number of nitrogens with zero attached hydrogens (tertiary/aromatic N) is 4. The normalized spacial score (nSPS) is 9.73. The highest BCUT2D eigenvalue weighted by molar-refractivity contribution is 14.0. The lowest BCUT2D eigenvalue weighted by atomic mass is 10.1. The van der Waals surface area contributed by atoms with Crippen LogP contribution < -0.4 is 16.4 Å². The second-order valence-corrected chi connectivity index (χ2v) is 5.46. The van der Waals surface area contributed by atoms with Gasteiger partial charge < -0.3 is 16.4 Å². The lowest BCUT2D eigenvalue weighted by Crippen LogP contribution is -2.37. The highest BCUT2D eigenvalue weighted by Crippen LogP contribution is 2.21. The van der Waals surface area contributed by atoms with Crippen LogP contribution >= 0.6 is 24.0 Å². The van der Waals surface area contributed by atoms with Gasteiger partial charge in [-0.1, -0.05) is 18.2 Å². The second-order valence-electron chi connectivity index (χ2n) is 5.46. The summed E-state index contributed by atoms with van der Waals surface area (Å²) >= 11 is 0. The molecule has 1 aromatic heterocycles. The van der Waals surface area contributed by atoms with E-state index in [1.807, 2.05) is 44.2 Å². The molecule has 0 fully saturated rings. The summed E-state index contributed by atoms with van der Waals surface area (Å²) in [5.41, 5.74) is 8.12. The predicted molar refractivity (Wildman–Crippen MR) is 116 cm³/mol. The van der Waals surface area contributed by atoms with E-state index in [9.17, 15) is 5.26 Å².